The Morgan fingerprint density at radius 3 is 1.14 bits per heavy atom. The van der Waals surface area contributed by atoms with Crippen molar-refractivity contribution in [2.45, 2.75) is 92.5 Å². The molecule has 1 aromatic rings. The van der Waals surface area contributed by atoms with Crippen molar-refractivity contribution in [2.75, 3.05) is 41.9 Å². The van der Waals surface area contributed by atoms with Crippen LogP contribution in [0.3, 0.4) is 0 Å². The van der Waals surface area contributed by atoms with E-state index in [1.165, 1.54) is 46.6 Å². The Balaban J connectivity index is -0.0000000210. The minimum Gasteiger partial charge on any atom is -0.469 e. The third-order valence-electron chi connectivity index (χ3n) is 2.02. The first-order chi connectivity index (χ1) is 16.7. The van der Waals surface area contributed by atoms with Crippen LogP contribution >= 0.6 is 0 Å². The number of allylic oxidation sites excluding steroid dienone is 1. The van der Waals surface area contributed by atoms with Gasteiger partial charge in [0.25, 0.3) is 6.04 Å². The van der Waals surface area contributed by atoms with Crippen LogP contribution in [0, 0.1) is 6.92 Å². The number of aryl methyl sites for hydroxylation is 1. The number of ketones is 1. The second-order valence-electron chi connectivity index (χ2n) is 6.32. The summed E-state index contributed by atoms with van der Waals surface area (Å²) in [5, 5.41) is 0. The van der Waals surface area contributed by atoms with E-state index in [0.29, 0.717) is 6.61 Å². The highest BCUT2D eigenvalue weighted by Crippen LogP contribution is 1.92. The summed E-state index contributed by atoms with van der Waals surface area (Å²) in [6.07, 6.45) is 2.18. The van der Waals surface area contributed by atoms with Crippen LogP contribution in [0.1, 0.15) is 91.2 Å². The van der Waals surface area contributed by atoms with Gasteiger partial charge < -0.3 is 20.1 Å². The molecule has 0 atom stereocenters. The lowest BCUT2D eigenvalue weighted by molar-refractivity contribution is -0.141. The van der Waals surface area contributed by atoms with Crippen molar-refractivity contribution in [3.63, 3.8) is 0 Å². The van der Waals surface area contributed by atoms with Gasteiger partial charge in [-0.15, -0.1) is 13.2 Å². The Kier molecular flexibility index (Phi) is 165. The number of rotatable bonds is 3. The smallest absolute Gasteiger partial charge is 0.302 e. The van der Waals surface area contributed by atoms with Gasteiger partial charge in [0.1, 0.15) is 0 Å². The molecule has 0 unspecified atom stereocenters. The van der Waals surface area contributed by atoms with E-state index in [0.717, 1.165) is 13.3 Å². The highest BCUT2D eigenvalue weighted by atomic mass is 19.1. The summed E-state index contributed by atoms with van der Waals surface area (Å²) in [5.74, 6) is -0.420. The number of nitrogens with zero attached hydrogens (tertiary/aromatic N) is 1. The predicted molar refractivity (Wildman–Crippen MR) is 190 cm³/mol. The van der Waals surface area contributed by atoms with Gasteiger partial charge in [0.2, 0.25) is 0 Å². The molecule has 0 aliphatic heterocycles. The van der Waals surface area contributed by atoms with Gasteiger partial charge in [-0.2, -0.15) is 4.39 Å². The minimum atomic E-state index is -1.33. The Bertz CT molecular complexity index is 605. The zero-order chi connectivity index (χ0) is 30.5. The minimum absolute atomic E-state index is 0. The second kappa shape index (κ2) is 83.2. The Morgan fingerprint density at radius 2 is 1.07 bits per heavy atom. The standard InChI is InChI=1S/C7H8.C5H10O2.C4H6O.C3H9N.C3H6O2.C2H3FO.C2H4.CH5N.6CH4/c1-7-5-3-2-4-6-7;1-3-4-7-5(2)6;1-3-4(2)5;1-4(2)3;1-3(4)5-2;1-2(3)4;2*1-2;;;;;;/h2-6H,1H3;3-4H2,1-2H3;3H,1H2,2H3;1-3H3;1-2H3;1H3;1-2H2;2H2,1H3;6*1H4. The van der Waals surface area contributed by atoms with Gasteiger partial charge in [0.15, 0.2) is 5.78 Å². The number of benzene rings is 1. The third kappa shape index (κ3) is 287. The highest BCUT2D eigenvalue weighted by Gasteiger charge is 1.85. The lowest BCUT2D eigenvalue weighted by atomic mass is 10.2. The van der Waals surface area contributed by atoms with Crippen molar-refractivity contribution in [3.8, 4) is 0 Å². The van der Waals surface area contributed by atoms with Gasteiger partial charge in [-0.05, 0) is 54.5 Å². The maximum atomic E-state index is 10.4. The summed E-state index contributed by atoms with van der Waals surface area (Å²) in [4.78, 5) is 40.0. The average Bonchev–Trinajstić information content (AvgIpc) is 2.81. The van der Waals surface area contributed by atoms with Gasteiger partial charge >= 0.3 is 11.9 Å². The molecule has 0 saturated heterocycles. The molecule has 0 radical (unpaired) electrons. The topological polar surface area (TPSA) is 116 Å². The molecule has 0 amide bonds. The van der Waals surface area contributed by atoms with Crippen LogP contribution in [-0.4, -0.2) is 70.6 Å². The van der Waals surface area contributed by atoms with Crippen LogP contribution in [-0.2, 0) is 28.7 Å². The zero-order valence-electron chi connectivity index (χ0n) is 24.4. The van der Waals surface area contributed by atoms with E-state index >= 15 is 0 Å². The third-order valence-corrected chi connectivity index (χ3v) is 2.02. The molecule has 0 fully saturated rings. The van der Waals surface area contributed by atoms with Crippen molar-refractivity contribution < 1.29 is 33.0 Å². The number of hydrogen-bond donors (Lipinski definition) is 1. The number of ether oxygens (including phenoxy) is 2. The number of carbonyl (C=O) groups excluding carboxylic acids is 4. The van der Waals surface area contributed by atoms with Gasteiger partial charge in [-0.1, -0.05) is 94.0 Å². The molecule has 1 rings (SSSR count). The quantitative estimate of drug-likeness (QED) is 0.155. The van der Waals surface area contributed by atoms with Crippen molar-refractivity contribution >= 4 is 23.8 Å². The molecule has 8 nitrogen and oxygen atoms in total. The van der Waals surface area contributed by atoms with Crippen LogP contribution < -0.4 is 5.73 Å². The molecule has 0 saturated carbocycles. The van der Waals surface area contributed by atoms with Crippen molar-refractivity contribution in [1.29, 1.82) is 0 Å². The fourth-order valence-corrected chi connectivity index (χ4v) is 0.780. The summed E-state index contributed by atoms with van der Waals surface area (Å²) in [7, 11) is 8.85. The van der Waals surface area contributed by atoms with E-state index in [-0.39, 0.29) is 62.3 Å². The normalized spacial score (nSPS) is 6.14. The van der Waals surface area contributed by atoms with Crippen LogP contribution in [0.4, 0.5) is 4.39 Å². The number of hydrogen-bond acceptors (Lipinski definition) is 8. The Hall–Kier alpha value is -3.17. The van der Waals surface area contributed by atoms with E-state index in [4.69, 9.17) is 4.79 Å². The molecule has 0 aromatic heterocycles. The first-order valence-corrected chi connectivity index (χ1v) is 10.8. The van der Waals surface area contributed by atoms with Gasteiger partial charge in [-0.3, -0.25) is 19.2 Å². The van der Waals surface area contributed by atoms with Gasteiger partial charge in [-0.25, -0.2) is 0 Å². The van der Waals surface area contributed by atoms with Crippen LogP contribution in [0.5, 0.6) is 0 Å². The van der Waals surface area contributed by atoms with Crippen LogP contribution in [0.15, 0.2) is 56.1 Å². The number of carbonyl (C=O) groups is 4. The van der Waals surface area contributed by atoms with E-state index < -0.39 is 6.04 Å². The first-order valence-electron chi connectivity index (χ1n) is 10.8. The van der Waals surface area contributed by atoms with E-state index in [1.807, 2.05) is 51.2 Å². The average molecular weight is 615 g/mol. The number of halogens is 1. The van der Waals surface area contributed by atoms with Crippen LogP contribution in [0.25, 0.3) is 0 Å². The van der Waals surface area contributed by atoms with Gasteiger partial charge in [0.05, 0.1) is 13.7 Å². The maximum Gasteiger partial charge on any atom is 0.302 e. The lowest BCUT2D eigenvalue weighted by Gasteiger charge is -1.93. The highest BCUT2D eigenvalue weighted by molar-refractivity contribution is 5.86. The zero-order valence-corrected chi connectivity index (χ0v) is 24.4. The lowest BCUT2D eigenvalue weighted by Crippen LogP contribution is -1.99. The number of nitrogens with two attached hydrogens (primary N) is 1. The fourth-order valence-electron chi connectivity index (χ4n) is 0.780. The van der Waals surface area contributed by atoms with Crippen molar-refractivity contribution in [2.24, 2.45) is 5.73 Å². The molecule has 260 valence electrons. The molecule has 0 bridgehead atoms. The molecule has 0 spiro atoms. The van der Waals surface area contributed by atoms with Crippen molar-refractivity contribution in [3.05, 3.63) is 61.7 Å². The summed E-state index contributed by atoms with van der Waals surface area (Å²) < 4.78 is 19.0. The molecule has 2 N–H and O–H groups in total. The predicted octanol–water partition coefficient (Wildman–Crippen LogP) is 8.77. The van der Waals surface area contributed by atoms with E-state index in [1.54, 1.807) is 0 Å². The molecule has 9 heteroatoms. The number of esters is 2. The maximum absolute atomic E-state index is 10.4. The molecule has 0 aliphatic carbocycles. The molecule has 1 aromatic carbocycles. The largest absolute Gasteiger partial charge is 0.469 e. The Labute approximate surface area is 263 Å². The van der Waals surface area contributed by atoms with E-state index in [9.17, 15) is 18.8 Å². The molecule has 42 heavy (non-hydrogen) atoms. The Morgan fingerprint density at radius 1 is 0.833 bits per heavy atom. The fraction of sp³-hybridized carbons (Fsp3) is 0.576. The SMILES string of the molecule is C.C.C.C.C.C.C=C.C=CC(C)=O.CC(=O)F.CCCOC(C)=O.CN.CN(C)C.COC(C)=O.Cc1ccccc1. The molecular weight excluding hydrogens is 539 g/mol. The van der Waals surface area contributed by atoms with E-state index in [2.05, 4.69) is 54.0 Å². The summed E-state index contributed by atoms with van der Waals surface area (Å²) >= 11 is 0. The van der Waals surface area contributed by atoms with Gasteiger partial charge in [0, 0.05) is 20.8 Å². The molecule has 0 heterocycles. The number of methoxy groups -OCH3 is 1. The monoisotopic (exact) mass is 615 g/mol. The van der Waals surface area contributed by atoms with Crippen molar-refractivity contribution in [1.82, 2.24) is 4.90 Å². The second-order valence-corrected chi connectivity index (χ2v) is 6.32. The first kappa shape index (κ1) is 83.3. The van der Waals surface area contributed by atoms with Crippen LogP contribution in [0.2, 0.25) is 0 Å². The summed E-state index contributed by atoms with van der Waals surface area (Å²) in [6, 6.07) is 8.93. The molecular formula is C33H75FN2O6. The summed E-state index contributed by atoms with van der Waals surface area (Å²) in [6.45, 7) is 18.9. The molecule has 0 aliphatic rings. The summed E-state index contributed by atoms with van der Waals surface area (Å²) in [5.41, 5.74) is 5.82.